The maximum Gasteiger partial charge on any atom is 0.169 e. The molecule has 0 spiro atoms. The van der Waals surface area contributed by atoms with E-state index in [1.807, 2.05) is 30.9 Å². The largest absolute Gasteiger partial charge is 0.395 e. The first-order valence-electron chi connectivity index (χ1n) is 11.2. The summed E-state index contributed by atoms with van der Waals surface area (Å²) in [5, 5.41) is 18.3. The van der Waals surface area contributed by atoms with Gasteiger partial charge in [-0.25, -0.2) is 4.57 Å². The van der Waals surface area contributed by atoms with Gasteiger partial charge < -0.3 is 20.8 Å². The fourth-order valence-electron chi connectivity index (χ4n) is 3.12. The number of anilines is 1. The van der Waals surface area contributed by atoms with Crippen LogP contribution in [0.15, 0.2) is 48.8 Å². The van der Waals surface area contributed by atoms with E-state index in [-0.39, 0.29) is 13.2 Å². The molecule has 5 heteroatoms. The molecule has 0 saturated carbocycles. The van der Waals surface area contributed by atoms with Crippen LogP contribution in [0.3, 0.4) is 0 Å². The van der Waals surface area contributed by atoms with Gasteiger partial charge in [0.1, 0.15) is 6.54 Å². The molecule has 0 saturated heterocycles. The fraction of sp³-hybridized carbons (Fsp3) is 0.480. The number of aromatic nitrogens is 1. The molecule has 0 radical (unpaired) electrons. The first kappa shape index (κ1) is 25.8. The van der Waals surface area contributed by atoms with Crippen LogP contribution < -0.4 is 15.2 Å². The summed E-state index contributed by atoms with van der Waals surface area (Å²) in [6, 6.07) is 12.4. The van der Waals surface area contributed by atoms with Crippen LogP contribution in [0, 0.1) is 0 Å². The topological polar surface area (TPSA) is 73.6 Å². The molecule has 0 aliphatic carbocycles. The van der Waals surface area contributed by atoms with Gasteiger partial charge in [-0.05, 0) is 42.6 Å². The number of unbranched alkanes of at least 4 members (excludes halogenated alkanes) is 3. The van der Waals surface area contributed by atoms with Crippen molar-refractivity contribution in [2.24, 2.45) is 5.73 Å². The standard InChI is InChI=1S/C23H34N3O2.C2H6/c24-13-3-1-2-4-14-25-15-11-22(12-16-25)6-5-21-7-9-23(10-8-21)26(17-19-27)18-20-28;1-2/h5-12,15-16,27-28H,1-4,13-14,17-20,24H2;1-2H3/q+1;. The van der Waals surface area contributed by atoms with Gasteiger partial charge in [0.05, 0.1) is 13.2 Å². The summed E-state index contributed by atoms with van der Waals surface area (Å²) in [4.78, 5) is 1.97. The van der Waals surface area contributed by atoms with E-state index in [4.69, 9.17) is 15.9 Å². The molecule has 0 aliphatic heterocycles. The van der Waals surface area contributed by atoms with Gasteiger partial charge in [0.25, 0.3) is 0 Å². The second-order valence-corrected chi connectivity index (χ2v) is 6.93. The van der Waals surface area contributed by atoms with Crippen LogP contribution >= 0.6 is 0 Å². The van der Waals surface area contributed by atoms with Gasteiger partial charge in [-0.15, -0.1) is 0 Å². The lowest BCUT2D eigenvalue weighted by molar-refractivity contribution is -0.697. The highest BCUT2D eigenvalue weighted by molar-refractivity contribution is 5.70. The Morgan fingerprint density at radius 3 is 1.87 bits per heavy atom. The molecule has 2 rings (SSSR count). The second kappa shape index (κ2) is 16.6. The summed E-state index contributed by atoms with van der Waals surface area (Å²) < 4.78 is 2.23. The van der Waals surface area contributed by atoms with Crippen LogP contribution in [0.4, 0.5) is 5.69 Å². The number of nitrogens with zero attached hydrogens (tertiary/aromatic N) is 2. The average Bonchev–Trinajstić information content (AvgIpc) is 2.80. The predicted molar refractivity (Wildman–Crippen MR) is 127 cm³/mol. The van der Waals surface area contributed by atoms with Crippen LogP contribution in [0.2, 0.25) is 0 Å². The quantitative estimate of drug-likeness (QED) is 0.347. The van der Waals surface area contributed by atoms with Crippen LogP contribution in [0.25, 0.3) is 12.2 Å². The molecule has 0 bridgehead atoms. The van der Waals surface area contributed by atoms with Crippen molar-refractivity contribution in [2.75, 3.05) is 37.7 Å². The zero-order chi connectivity index (χ0) is 22.0. The number of aliphatic hydroxyl groups is 2. The van der Waals surface area contributed by atoms with E-state index in [9.17, 15) is 0 Å². The maximum atomic E-state index is 9.15. The van der Waals surface area contributed by atoms with Crippen molar-refractivity contribution in [3.05, 3.63) is 59.9 Å². The van der Waals surface area contributed by atoms with Gasteiger partial charge in [-0.1, -0.05) is 44.6 Å². The number of hydrogen-bond acceptors (Lipinski definition) is 4. The third-order valence-corrected chi connectivity index (χ3v) is 4.75. The van der Waals surface area contributed by atoms with Crippen molar-refractivity contribution in [1.29, 1.82) is 0 Å². The van der Waals surface area contributed by atoms with Gasteiger partial charge >= 0.3 is 0 Å². The summed E-state index contributed by atoms with van der Waals surface area (Å²) in [5.41, 5.74) is 8.82. The highest BCUT2D eigenvalue weighted by Gasteiger charge is 2.04. The Hall–Kier alpha value is -2.21. The molecule has 0 atom stereocenters. The molecule has 0 unspecified atom stereocenters. The average molecular weight is 415 g/mol. The molecule has 1 aromatic heterocycles. The number of pyridine rings is 1. The van der Waals surface area contributed by atoms with Gasteiger partial charge in [-0.2, -0.15) is 0 Å². The Bertz CT molecular complexity index is 679. The maximum absolute atomic E-state index is 9.15. The number of benzene rings is 1. The van der Waals surface area contributed by atoms with Gasteiger partial charge in [0.2, 0.25) is 0 Å². The zero-order valence-electron chi connectivity index (χ0n) is 18.7. The number of hydrogen-bond donors (Lipinski definition) is 3. The van der Waals surface area contributed by atoms with Crippen molar-refractivity contribution >= 4 is 17.8 Å². The molecule has 0 amide bonds. The van der Waals surface area contributed by atoms with E-state index < -0.39 is 0 Å². The van der Waals surface area contributed by atoms with Gasteiger partial charge in [0.15, 0.2) is 12.4 Å². The molecule has 1 aromatic carbocycles. The molecule has 30 heavy (non-hydrogen) atoms. The molecule has 166 valence electrons. The molecule has 0 fully saturated rings. The minimum atomic E-state index is 0.0728. The van der Waals surface area contributed by atoms with Gasteiger partial charge in [-0.3, -0.25) is 0 Å². The number of aryl methyl sites for hydroxylation is 1. The highest BCUT2D eigenvalue weighted by atomic mass is 16.3. The monoisotopic (exact) mass is 414 g/mol. The lowest BCUT2D eigenvalue weighted by atomic mass is 10.1. The minimum absolute atomic E-state index is 0.0728. The molecule has 1 heterocycles. The molecule has 2 aromatic rings. The van der Waals surface area contributed by atoms with Crippen molar-refractivity contribution in [2.45, 2.75) is 46.1 Å². The summed E-state index contributed by atoms with van der Waals surface area (Å²) in [6.07, 6.45) is 13.2. The molecule has 0 aliphatic rings. The Morgan fingerprint density at radius 1 is 0.800 bits per heavy atom. The zero-order valence-corrected chi connectivity index (χ0v) is 18.7. The van der Waals surface area contributed by atoms with Crippen molar-refractivity contribution < 1.29 is 14.8 Å². The second-order valence-electron chi connectivity index (χ2n) is 6.93. The van der Waals surface area contributed by atoms with Crippen LogP contribution in [-0.2, 0) is 6.54 Å². The lowest BCUT2D eigenvalue weighted by Gasteiger charge is -2.22. The summed E-state index contributed by atoms with van der Waals surface area (Å²) >= 11 is 0. The lowest BCUT2D eigenvalue weighted by Crippen LogP contribution is -2.32. The normalized spacial score (nSPS) is 10.7. The van der Waals surface area contributed by atoms with Gasteiger partial charge in [0, 0.05) is 37.3 Å². The van der Waals surface area contributed by atoms with Crippen LogP contribution in [-0.4, -0.2) is 43.1 Å². The Kier molecular flexibility index (Phi) is 14.3. The predicted octanol–water partition coefficient (Wildman–Crippen LogP) is 3.48. The summed E-state index contributed by atoms with van der Waals surface area (Å²) in [7, 11) is 0. The van der Waals surface area contributed by atoms with E-state index in [0.717, 1.165) is 30.8 Å². The van der Waals surface area contributed by atoms with E-state index in [2.05, 4.69) is 53.4 Å². The van der Waals surface area contributed by atoms with Crippen molar-refractivity contribution in [3.63, 3.8) is 0 Å². The SMILES string of the molecule is CC.NCCCCCC[n+]1ccc(/C=C/c2ccc(N(CCO)CCO)cc2)cc1. The Morgan fingerprint density at radius 2 is 1.33 bits per heavy atom. The van der Waals surface area contributed by atoms with E-state index >= 15 is 0 Å². The Labute approximate surface area is 182 Å². The first-order valence-corrected chi connectivity index (χ1v) is 11.2. The molecule has 4 N–H and O–H groups in total. The Balaban J connectivity index is 0.00000218. The van der Waals surface area contributed by atoms with Crippen molar-refractivity contribution in [3.8, 4) is 0 Å². The summed E-state index contributed by atoms with van der Waals surface area (Å²) in [6.45, 7) is 7.03. The fourth-order valence-corrected chi connectivity index (χ4v) is 3.12. The van der Waals surface area contributed by atoms with Crippen LogP contribution in [0.5, 0.6) is 0 Å². The molecule has 5 nitrogen and oxygen atoms in total. The minimum Gasteiger partial charge on any atom is -0.395 e. The number of aliphatic hydroxyl groups excluding tert-OH is 2. The van der Waals surface area contributed by atoms with E-state index in [1.165, 1.54) is 24.8 Å². The van der Waals surface area contributed by atoms with Crippen molar-refractivity contribution in [1.82, 2.24) is 0 Å². The summed E-state index contributed by atoms with van der Waals surface area (Å²) in [5.74, 6) is 0. The first-order chi connectivity index (χ1) is 14.8. The number of rotatable bonds is 13. The molecular formula is C25H40N3O2+. The third kappa shape index (κ3) is 10.0. The van der Waals surface area contributed by atoms with E-state index in [0.29, 0.717) is 13.1 Å². The van der Waals surface area contributed by atoms with E-state index in [1.54, 1.807) is 0 Å². The van der Waals surface area contributed by atoms with Crippen LogP contribution in [0.1, 0.15) is 50.7 Å². The number of nitrogens with two attached hydrogens (primary N) is 1. The highest BCUT2D eigenvalue weighted by Crippen LogP contribution is 2.16. The smallest absolute Gasteiger partial charge is 0.169 e. The third-order valence-electron chi connectivity index (χ3n) is 4.75. The molecular weight excluding hydrogens is 374 g/mol.